The number of hydrogen-bond donors (Lipinski definition) is 2. The smallest absolute Gasteiger partial charge is 0.407 e. The third kappa shape index (κ3) is 9.47. The van der Waals surface area contributed by atoms with E-state index >= 15 is 0 Å². The van der Waals surface area contributed by atoms with Crippen molar-refractivity contribution in [1.82, 2.24) is 5.32 Å². The Bertz CT molecular complexity index is 212. The molecule has 0 saturated heterocycles. The maximum absolute atomic E-state index is 11.0. The van der Waals surface area contributed by atoms with Gasteiger partial charge in [-0.2, -0.15) is 0 Å². The molecule has 0 aliphatic rings. The summed E-state index contributed by atoms with van der Waals surface area (Å²) in [5.74, 6) is 0.162. The molecule has 0 aromatic rings. The molecule has 5 nitrogen and oxygen atoms in total. The Kier molecular flexibility index (Phi) is 5.71. The van der Waals surface area contributed by atoms with Crippen LogP contribution < -0.4 is 5.32 Å². The van der Waals surface area contributed by atoms with Gasteiger partial charge in [0.25, 0.3) is 0 Å². The molecule has 0 aliphatic carbocycles. The van der Waals surface area contributed by atoms with E-state index in [4.69, 9.17) is 9.29 Å². The SMILES string of the molecule is CC(C)(C)OC(=O)NCCCS(=O)O. The van der Waals surface area contributed by atoms with Crippen molar-refractivity contribution in [2.24, 2.45) is 0 Å². The van der Waals surface area contributed by atoms with E-state index in [-0.39, 0.29) is 5.75 Å². The second kappa shape index (κ2) is 5.98. The van der Waals surface area contributed by atoms with E-state index in [1.165, 1.54) is 0 Å². The average Bonchev–Trinajstić information content (AvgIpc) is 1.94. The molecule has 0 aromatic heterocycles. The molecule has 0 saturated carbocycles. The molecule has 2 N–H and O–H groups in total. The van der Waals surface area contributed by atoms with Crippen molar-refractivity contribution in [2.75, 3.05) is 12.3 Å². The summed E-state index contributed by atoms with van der Waals surface area (Å²) in [6.07, 6.45) is -0.0382. The van der Waals surface area contributed by atoms with E-state index in [1.54, 1.807) is 20.8 Å². The molecule has 0 heterocycles. The highest BCUT2D eigenvalue weighted by molar-refractivity contribution is 7.79. The van der Waals surface area contributed by atoms with Crippen molar-refractivity contribution in [1.29, 1.82) is 0 Å². The van der Waals surface area contributed by atoms with Crippen molar-refractivity contribution in [3.8, 4) is 0 Å². The monoisotopic (exact) mass is 223 g/mol. The first-order valence-corrected chi connectivity index (χ1v) is 5.63. The Hall–Kier alpha value is -0.620. The predicted molar refractivity (Wildman–Crippen MR) is 54.5 cm³/mol. The minimum atomic E-state index is -1.79. The Morgan fingerprint density at radius 3 is 2.50 bits per heavy atom. The van der Waals surface area contributed by atoms with Gasteiger partial charge in [-0.25, -0.2) is 9.00 Å². The molecule has 84 valence electrons. The number of ether oxygens (including phenoxy) is 1. The number of nitrogens with one attached hydrogen (secondary N) is 1. The molecular weight excluding hydrogens is 206 g/mol. The first kappa shape index (κ1) is 13.4. The number of amides is 1. The topological polar surface area (TPSA) is 75.6 Å². The molecule has 0 bridgehead atoms. The van der Waals surface area contributed by atoms with Crippen molar-refractivity contribution in [3.63, 3.8) is 0 Å². The maximum Gasteiger partial charge on any atom is 0.407 e. The number of hydrogen-bond acceptors (Lipinski definition) is 3. The Labute approximate surface area is 86.5 Å². The van der Waals surface area contributed by atoms with Crippen LogP contribution in [0.5, 0.6) is 0 Å². The lowest BCUT2D eigenvalue weighted by Gasteiger charge is -2.19. The number of rotatable bonds is 4. The molecule has 1 unspecified atom stereocenters. The van der Waals surface area contributed by atoms with Crippen LogP contribution in [0.25, 0.3) is 0 Å². The number of carbonyl (C=O) groups excluding carboxylic acids is 1. The van der Waals surface area contributed by atoms with Crippen LogP contribution in [0.2, 0.25) is 0 Å². The van der Waals surface area contributed by atoms with Gasteiger partial charge in [-0.1, -0.05) is 0 Å². The summed E-state index contributed by atoms with van der Waals surface area (Å²) < 4.78 is 23.6. The van der Waals surface area contributed by atoms with E-state index in [1.807, 2.05) is 0 Å². The van der Waals surface area contributed by atoms with Gasteiger partial charge in [-0.3, -0.25) is 0 Å². The van der Waals surface area contributed by atoms with E-state index in [0.29, 0.717) is 13.0 Å². The largest absolute Gasteiger partial charge is 0.444 e. The van der Waals surface area contributed by atoms with Crippen molar-refractivity contribution in [2.45, 2.75) is 32.8 Å². The number of alkyl carbamates (subject to hydrolysis) is 1. The average molecular weight is 223 g/mol. The second-order valence-electron chi connectivity index (χ2n) is 3.81. The Balaban J connectivity index is 3.50. The highest BCUT2D eigenvalue weighted by Gasteiger charge is 2.15. The van der Waals surface area contributed by atoms with E-state index < -0.39 is 22.8 Å². The molecule has 0 fully saturated rings. The summed E-state index contributed by atoms with van der Waals surface area (Å²) in [5.41, 5.74) is -0.510. The van der Waals surface area contributed by atoms with Gasteiger partial charge in [0.05, 0.1) is 5.75 Å². The summed E-state index contributed by atoms with van der Waals surface area (Å²) in [5, 5.41) is 2.49. The van der Waals surface area contributed by atoms with Crippen LogP contribution in [0.4, 0.5) is 4.79 Å². The molecule has 6 heteroatoms. The van der Waals surface area contributed by atoms with Gasteiger partial charge in [0.2, 0.25) is 0 Å². The van der Waals surface area contributed by atoms with Crippen LogP contribution >= 0.6 is 0 Å². The van der Waals surface area contributed by atoms with E-state index in [0.717, 1.165) is 0 Å². The third-order valence-electron chi connectivity index (χ3n) is 1.16. The van der Waals surface area contributed by atoms with Crippen LogP contribution in [0.3, 0.4) is 0 Å². The summed E-state index contributed by atoms with van der Waals surface area (Å²) in [6, 6.07) is 0. The molecule has 0 aliphatic heterocycles. The fraction of sp³-hybridized carbons (Fsp3) is 0.875. The van der Waals surface area contributed by atoms with Crippen molar-refractivity contribution >= 4 is 17.2 Å². The first-order valence-electron chi connectivity index (χ1n) is 4.35. The van der Waals surface area contributed by atoms with Crippen LogP contribution in [-0.4, -0.2) is 32.8 Å². The second-order valence-corrected chi connectivity index (χ2v) is 4.86. The van der Waals surface area contributed by atoms with E-state index in [9.17, 15) is 9.00 Å². The predicted octanol–water partition coefficient (Wildman–Crippen LogP) is 1.12. The van der Waals surface area contributed by atoms with Gasteiger partial charge in [0.15, 0.2) is 11.1 Å². The van der Waals surface area contributed by atoms with Gasteiger partial charge in [0, 0.05) is 6.54 Å². The molecule has 0 aromatic carbocycles. The van der Waals surface area contributed by atoms with Gasteiger partial charge >= 0.3 is 6.09 Å². The maximum atomic E-state index is 11.0. The van der Waals surface area contributed by atoms with Gasteiger partial charge < -0.3 is 14.6 Å². The molecule has 0 rings (SSSR count). The van der Waals surface area contributed by atoms with Crippen molar-refractivity contribution in [3.05, 3.63) is 0 Å². The lowest BCUT2D eigenvalue weighted by Crippen LogP contribution is -2.33. The van der Waals surface area contributed by atoms with Crippen LogP contribution in [-0.2, 0) is 15.8 Å². The highest BCUT2D eigenvalue weighted by Crippen LogP contribution is 2.06. The zero-order valence-corrected chi connectivity index (χ0v) is 9.52. The molecule has 14 heavy (non-hydrogen) atoms. The first-order chi connectivity index (χ1) is 6.31. The van der Waals surface area contributed by atoms with Gasteiger partial charge in [-0.15, -0.1) is 0 Å². The lowest BCUT2D eigenvalue weighted by atomic mass is 10.2. The van der Waals surface area contributed by atoms with Gasteiger partial charge in [-0.05, 0) is 27.2 Å². The minimum absolute atomic E-state index is 0.162. The zero-order chi connectivity index (χ0) is 11.2. The van der Waals surface area contributed by atoms with Crippen LogP contribution in [0.15, 0.2) is 0 Å². The lowest BCUT2D eigenvalue weighted by molar-refractivity contribution is 0.0528. The fourth-order valence-corrected chi connectivity index (χ4v) is 1.09. The molecule has 1 amide bonds. The third-order valence-corrected chi connectivity index (χ3v) is 1.80. The summed E-state index contributed by atoms with van der Waals surface area (Å²) in [6.45, 7) is 5.67. The molecular formula is C8H17NO4S. The summed E-state index contributed by atoms with van der Waals surface area (Å²) in [7, 11) is 0. The highest BCUT2D eigenvalue weighted by atomic mass is 32.2. The summed E-state index contributed by atoms with van der Waals surface area (Å²) in [4.78, 5) is 11.0. The Morgan fingerprint density at radius 2 is 2.07 bits per heavy atom. The van der Waals surface area contributed by atoms with Crippen molar-refractivity contribution < 1.29 is 18.3 Å². The Morgan fingerprint density at radius 1 is 1.50 bits per heavy atom. The van der Waals surface area contributed by atoms with Crippen LogP contribution in [0, 0.1) is 0 Å². The fourth-order valence-electron chi connectivity index (χ4n) is 0.700. The standard InChI is InChI=1S/C8H17NO4S/c1-8(2,3)13-7(10)9-5-4-6-14(11)12/h4-6H2,1-3H3,(H,9,10)(H,11,12). The van der Waals surface area contributed by atoms with Gasteiger partial charge in [0.1, 0.15) is 5.60 Å². The quantitative estimate of drug-likeness (QED) is 0.553. The summed E-state index contributed by atoms with van der Waals surface area (Å²) >= 11 is -1.79. The van der Waals surface area contributed by atoms with E-state index in [2.05, 4.69) is 5.32 Å². The molecule has 0 spiro atoms. The zero-order valence-electron chi connectivity index (χ0n) is 8.70. The molecule has 1 atom stereocenters. The molecule has 0 radical (unpaired) electrons. The number of carbonyl (C=O) groups is 1. The normalized spacial score (nSPS) is 13.4. The minimum Gasteiger partial charge on any atom is -0.444 e. The van der Waals surface area contributed by atoms with Crippen LogP contribution in [0.1, 0.15) is 27.2 Å².